The van der Waals surface area contributed by atoms with Crippen molar-refractivity contribution in [3.63, 3.8) is 0 Å². The van der Waals surface area contributed by atoms with Crippen LogP contribution in [-0.2, 0) is 10.0 Å². The lowest BCUT2D eigenvalue weighted by Gasteiger charge is -2.21. The molecule has 80 valence electrons. The minimum atomic E-state index is -3.29. The molecule has 13 heavy (non-hydrogen) atoms. The van der Waals surface area contributed by atoms with Crippen LogP contribution in [0.2, 0.25) is 0 Å². The number of aliphatic hydroxyl groups is 1. The molecule has 2 N–H and O–H groups in total. The average molecular weight is 227 g/mol. The first kappa shape index (κ1) is 13.2. The van der Waals surface area contributed by atoms with E-state index in [0.29, 0.717) is 6.54 Å². The lowest BCUT2D eigenvalue weighted by Crippen LogP contribution is -2.37. The predicted octanol–water partition coefficient (Wildman–Crippen LogP) is 0.0397. The van der Waals surface area contributed by atoms with Crippen LogP contribution in [0.1, 0.15) is 13.8 Å². The first-order valence-electron chi connectivity index (χ1n) is 3.96. The molecule has 0 saturated carbocycles. The van der Waals surface area contributed by atoms with E-state index in [4.69, 9.17) is 5.11 Å². The van der Waals surface area contributed by atoms with Crippen LogP contribution in [0.25, 0.3) is 0 Å². The second-order valence-corrected chi connectivity index (χ2v) is 6.77. The van der Waals surface area contributed by atoms with Crippen LogP contribution >= 0.6 is 11.8 Å². The maximum Gasteiger partial charge on any atom is 0.213 e. The Balaban J connectivity index is 4.02. The highest BCUT2D eigenvalue weighted by Crippen LogP contribution is 2.19. The summed E-state index contributed by atoms with van der Waals surface area (Å²) in [6, 6.07) is 0. The van der Waals surface area contributed by atoms with Crippen molar-refractivity contribution >= 4 is 21.8 Å². The fourth-order valence-corrected chi connectivity index (χ4v) is 1.82. The quantitative estimate of drug-likeness (QED) is 0.672. The van der Waals surface area contributed by atoms with E-state index in [9.17, 15) is 8.42 Å². The van der Waals surface area contributed by atoms with Crippen LogP contribution in [0.4, 0.5) is 0 Å². The van der Waals surface area contributed by atoms with Gasteiger partial charge in [0.2, 0.25) is 10.0 Å². The molecule has 0 atom stereocenters. The number of nitrogens with one attached hydrogen (secondary N) is 1. The van der Waals surface area contributed by atoms with Crippen molar-refractivity contribution in [3.8, 4) is 0 Å². The summed E-state index contributed by atoms with van der Waals surface area (Å²) in [5, 5.41) is 8.46. The van der Waals surface area contributed by atoms with E-state index in [-0.39, 0.29) is 17.1 Å². The Morgan fingerprint density at radius 3 is 2.38 bits per heavy atom. The SMILES string of the molecule is CSC(C)(C)CNS(=O)(=O)CCO. The molecular formula is C7H17NO3S2. The van der Waals surface area contributed by atoms with Gasteiger partial charge in [0.25, 0.3) is 0 Å². The Labute approximate surface area is 84.2 Å². The van der Waals surface area contributed by atoms with Gasteiger partial charge in [0.05, 0.1) is 12.4 Å². The number of hydrogen-bond donors (Lipinski definition) is 2. The van der Waals surface area contributed by atoms with Crippen molar-refractivity contribution in [2.24, 2.45) is 0 Å². The highest BCUT2D eigenvalue weighted by Gasteiger charge is 2.19. The van der Waals surface area contributed by atoms with Gasteiger partial charge in [-0.25, -0.2) is 13.1 Å². The van der Waals surface area contributed by atoms with Crippen molar-refractivity contribution in [2.45, 2.75) is 18.6 Å². The molecule has 0 rings (SSSR count). The Kier molecular flexibility index (Phi) is 5.28. The first-order chi connectivity index (χ1) is 5.83. The number of rotatable bonds is 6. The standard InChI is InChI=1S/C7H17NO3S2/c1-7(2,12-3)6-8-13(10,11)5-4-9/h8-9H,4-6H2,1-3H3. The van der Waals surface area contributed by atoms with Gasteiger partial charge in [0.1, 0.15) is 0 Å². The molecular weight excluding hydrogens is 210 g/mol. The molecule has 0 saturated heterocycles. The molecule has 0 aromatic heterocycles. The average Bonchev–Trinajstić information content (AvgIpc) is 2.02. The molecule has 6 heteroatoms. The fourth-order valence-electron chi connectivity index (χ4n) is 0.548. The van der Waals surface area contributed by atoms with Gasteiger partial charge in [-0.3, -0.25) is 0 Å². The molecule has 0 radical (unpaired) electrons. The van der Waals surface area contributed by atoms with Crippen LogP contribution in [-0.4, -0.2) is 43.4 Å². The minimum absolute atomic E-state index is 0.109. The highest BCUT2D eigenvalue weighted by atomic mass is 32.2. The topological polar surface area (TPSA) is 66.4 Å². The third kappa shape index (κ3) is 6.31. The summed E-state index contributed by atoms with van der Waals surface area (Å²) in [5.74, 6) is -0.225. The van der Waals surface area contributed by atoms with Gasteiger partial charge < -0.3 is 5.11 Å². The van der Waals surface area contributed by atoms with Gasteiger partial charge in [-0.2, -0.15) is 11.8 Å². The lowest BCUT2D eigenvalue weighted by atomic mass is 10.2. The van der Waals surface area contributed by atoms with E-state index >= 15 is 0 Å². The van der Waals surface area contributed by atoms with Gasteiger partial charge in [-0.15, -0.1) is 0 Å². The molecule has 0 bridgehead atoms. The first-order valence-corrected chi connectivity index (χ1v) is 6.84. The van der Waals surface area contributed by atoms with Crippen LogP contribution in [0.3, 0.4) is 0 Å². The van der Waals surface area contributed by atoms with Crippen LogP contribution < -0.4 is 4.72 Å². The number of aliphatic hydroxyl groups excluding tert-OH is 1. The van der Waals surface area contributed by atoms with Gasteiger partial charge in [-0.05, 0) is 20.1 Å². The van der Waals surface area contributed by atoms with Crippen molar-refractivity contribution in [1.82, 2.24) is 4.72 Å². The summed E-state index contributed by atoms with van der Waals surface area (Å²) in [6.45, 7) is 3.96. The molecule has 0 spiro atoms. The molecule has 0 aliphatic rings. The molecule has 0 amide bonds. The van der Waals surface area contributed by atoms with E-state index in [2.05, 4.69) is 4.72 Å². The Morgan fingerprint density at radius 1 is 1.46 bits per heavy atom. The maximum absolute atomic E-state index is 11.1. The van der Waals surface area contributed by atoms with Crippen LogP contribution in [0.5, 0.6) is 0 Å². The minimum Gasteiger partial charge on any atom is -0.395 e. The lowest BCUT2D eigenvalue weighted by molar-refractivity contribution is 0.319. The van der Waals surface area contributed by atoms with E-state index in [0.717, 1.165) is 0 Å². The summed E-state index contributed by atoms with van der Waals surface area (Å²) in [7, 11) is -3.29. The zero-order chi connectivity index (χ0) is 10.5. The molecule has 0 heterocycles. The molecule has 0 fully saturated rings. The Bertz CT molecular complexity index is 236. The van der Waals surface area contributed by atoms with Crippen molar-refractivity contribution in [3.05, 3.63) is 0 Å². The summed E-state index contributed by atoms with van der Waals surface area (Å²) in [5.41, 5.74) is 0. The molecule has 0 aromatic rings. The monoisotopic (exact) mass is 227 g/mol. The molecule has 0 aliphatic carbocycles. The fraction of sp³-hybridized carbons (Fsp3) is 1.00. The Morgan fingerprint density at radius 2 is 2.00 bits per heavy atom. The molecule has 0 unspecified atom stereocenters. The summed E-state index contributed by atoms with van der Waals surface area (Å²) < 4.78 is 24.6. The van der Waals surface area contributed by atoms with Gasteiger partial charge >= 0.3 is 0 Å². The second-order valence-electron chi connectivity index (χ2n) is 3.33. The van der Waals surface area contributed by atoms with E-state index < -0.39 is 10.0 Å². The van der Waals surface area contributed by atoms with E-state index in [1.54, 1.807) is 11.8 Å². The Hall–Kier alpha value is 0.220. The highest BCUT2D eigenvalue weighted by molar-refractivity contribution is 8.00. The zero-order valence-corrected chi connectivity index (χ0v) is 9.83. The van der Waals surface area contributed by atoms with Crippen LogP contribution in [0, 0.1) is 0 Å². The smallest absolute Gasteiger partial charge is 0.213 e. The van der Waals surface area contributed by atoms with Crippen molar-refractivity contribution in [2.75, 3.05) is 25.2 Å². The summed E-state index contributed by atoms with van der Waals surface area (Å²) in [6.07, 6.45) is 1.93. The van der Waals surface area contributed by atoms with Gasteiger partial charge in [0, 0.05) is 11.3 Å². The number of hydrogen-bond acceptors (Lipinski definition) is 4. The third-order valence-electron chi connectivity index (χ3n) is 1.63. The van der Waals surface area contributed by atoms with Crippen molar-refractivity contribution < 1.29 is 13.5 Å². The zero-order valence-electron chi connectivity index (χ0n) is 8.20. The summed E-state index contributed by atoms with van der Waals surface area (Å²) in [4.78, 5) is 0. The van der Waals surface area contributed by atoms with Crippen LogP contribution in [0.15, 0.2) is 0 Å². The van der Waals surface area contributed by atoms with Gasteiger partial charge in [0.15, 0.2) is 0 Å². The normalized spacial score (nSPS) is 13.2. The largest absolute Gasteiger partial charge is 0.395 e. The number of thioether (sulfide) groups is 1. The number of sulfonamides is 1. The molecule has 0 aromatic carbocycles. The van der Waals surface area contributed by atoms with E-state index in [1.165, 1.54) is 0 Å². The molecule has 0 aliphatic heterocycles. The van der Waals surface area contributed by atoms with Crippen molar-refractivity contribution in [1.29, 1.82) is 0 Å². The summed E-state index contributed by atoms with van der Waals surface area (Å²) >= 11 is 1.60. The van der Waals surface area contributed by atoms with E-state index in [1.807, 2.05) is 20.1 Å². The maximum atomic E-state index is 11.1. The second kappa shape index (κ2) is 5.19. The predicted molar refractivity (Wildman–Crippen MR) is 56.5 cm³/mol. The third-order valence-corrected chi connectivity index (χ3v) is 4.18. The van der Waals surface area contributed by atoms with Gasteiger partial charge in [-0.1, -0.05) is 0 Å². The molecule has 4 nitrogen and oxygen atoms in total.